The Hall–Kier alpha value is -2.10. The van der Waals surface area contributed by atoms with E-state index in [1.165, 1.54) is 0 Å². The molecule has 2 rings (SSSR count). The third-order valence-electron chi connectivity index (χ3n) is 2.30. The molecule has 0 radical (unpaired) electrons. The highest BCUT2D eigenvalue weighted by Crippen LogP contribution is 2.08. The van der Waals surface area contributed by atoms with E-state index in [2.05, 4.69) is 5.10 Å². The Kier molecular flexibility index (Phi) is 3.55. The molecule has 0 saturated carbocycles. The first-order valence-electron chi connectivity index (χ1n) is 5.41. The van der Waals surface area contributed by atoms with E-state index in [9.17, 15) is 4.79 Å². The van der Waals surface area contributed by atoms with Crippen LogP contribution in [-0.4, -0.2) is 22.2 Å². The topological polar surface area (TPSA) is 44.1 Å². The van der Waals surface area contributed by atoms with E-state index in [0.717, 1.165) is 5.56 Å². The van der Waals surface area contributed by atoms with E-state index in [1.54, 1.807) is 10.9 Å². The number of ether oxygens (including phenoxy) is 1. The highest BCUT2D eigenvalue weighted by Gasteiger charge is 2.06. The number of hydrogen-bond acceptors (Lipinski definition) is 3. The molecule has 0 amide bonds. The fraction of sp³-hybridized carbons (Fsp3) is 0.231. The van der Waals surface area contributed by atoms with Gasteiger partial charge in [-0.2, -0.15) is 5.10 Å². The first-order chi connectivity index (χ1) is 8.24. The second-order valence-electron chi connectivity index (χ2n) is 3.84. The zero-order valence-electron chi connectivity index (χ0n) is 9.67. The number of hydrogen-bond donors (Lipinski definition) is 0. The summed E-state index contributed by atoms with van der Waals surface area (Å²) in [7, 11) is 1.83. The number of para-hydroxylation sites is 1. The number of ketones is 1. The average molecular weight is 230 g/mol. The van der Waals surface area contributed by atoms with E-state index in [0.29, 0.717) is 12.2 Å². The monoisotopic (exact) mass is 230 g/mol. The van der Waals surface area contributed by atoms with Gasteiger partial charge in [0.15, 0.2) is 5.78 Å². The van der Waals surface area contributed by atoms with Crippen molar-refractivity contribution in [3.63, 3.8) is 0 Å². The first kappa shape index (κ1) is 11.4. The third kappa shape index (κ3) is 3.45. The standard InChI is InChI=1S/C13H14N2O2/c1-15-9-11(8-14-15)7-12(16)10-17-13-5-3-2-4-6-13/h2-6,8-9H,7,10H2,1H3. The minimum atomic E-state index is 0.0434. The number of benzene rings is 1. The van der Waals surface area contributed by atoms with Gasteiger partial charge in [0, 0.05) is 19.7 Å². The molecule has 0 aliphatic rings. The molecular weight excluding hydrogens is 216 g/mol. The molecule has 0 aliphatic carbocycles. The average Bonchev–Trinajstić information content (AvgIpc) is 2.73. The maximum atomic E-state index is 11.6. The van der Waals surface area contributed by atoms with Crippen LogP contribution in [0.4, 0.5) is 0 Å². The van der Waals surface area contributed by atoms with Crippen LogP contribution >= 0.6 is 0 Å². The third-order valence-corrected chi connectivity index (χ3v) is 2.30. The zero-order chi connectivity index (χ0) is 12.1. The van der Waals surface area contributed by atoms with Crippen LogP contribution in [0.15, 0.2) is 42.7 Å². The van der Waals surface area contributed by atoms with E-state index in [4.69, 9.17) is 4.74 Å². The first-order valence-corrected chi connectivity index (χ1v) is 5.41. The summed E-state index contributed by atoms with van der Waals surface area (Å²) >= 11 is 0. The lowest BCUT2D eigenvalue weighted by atomic mass is 10.2. The summed E-state index contributed by atoms with van der Waals surface area (Å²) in [6, 6.07) is 9.32. The van der Waals surface area contributed by atoms with Gasteiger partial charge in [0.2, 0.25) is 0 Å². The maximum absolute atomic E-state index is 11.6. The van der Waals surface area contributed by atoms with Crippen LogP contribution in [0.2, 0.25) is 0 Å². The molecule has 0 spiro atoms. The second-order valence-corrected chi connectivity index (χ2v) is 3.84. The van der Waals surface area contributed by atoms with Crippen molar-refractivity contribution in [2.45, 2.75) is 6.42 Å². The van der Waals surface area contributed by atoms with Gasteiger partial charge < -0.3 is 4.74 Å². The van der Waals surface area contributed by atoms with Gasteiger partial charge in [-0.3, -0.25) is 9.48 Å². The molecular formula is C13H14N2O2. The zero-order valence-corrected chi connectivity index (χ0v) is 9.67. The van der Waals surface area contributed by atoms with Crippen molar-refractivity contribution in [3.05, 3.63) is 48.3 Å². The van der Waals surface area contributed by atoms with E-state index in [-0.39, 0.29) is 12.4 Å². The predicted molar refractivity (Wildman–Crippen MR) is 63.9 cm³/mol. The van der Waals surface area contributed by atoms with Gasteiger partial charge in [-0.15, -0.1) is 0 Å². The van der Waals surface area contributed by atoms with Gasteiger partial charge in [-0.05, 0) is 17.7 Å². The molecule has 0 aliphatic heterocycles. The molecule has 88 valence electrons. The normalized spacial score (nSPS) is 10.2. The summed E-state index contributed by atoms with van der Waals surface area (Å²) < 4.78 is 7.05. The Morgan fingerprint density at radius 1 is 1.35 bits per heavy atom. The molecule has 1 aromatic heterocycles. The number of aryl methyl sites for hydroxylation is 1. The Balaban J connectivity index is 1.82. The van der Waals surface area contributed by atoms with Crippen LogP contribution in [0, 0.1) is 0 Å². The maximum Gasteiger partial charge on any atom is 0.174 e. The van der Waals surface area contributed by atoms with Gasteiger partial charge >= 0.3 is 0 Å². The molecule has 0 unspecified atom stereocenters. The summed E-state index contributed by atoms with van der Waals surface area (Å²) in [6.45, 7) is 0.0961. The van der Waals surface area contributed by atoms with Gasteiger partial charge in [0.25, 0.3) is 0 Å². The van der Waals surface area contributed by atoms with Crippen molar-refractivity contribution in [2.24, 2.45) is 7.05 Å². The molecule has 4 heteroatoms. The quantitative estimate of drug-likeness (QED) is 0.783. The van der Waals surface area contributed by atoms with Gasteiger partial charge in [0.05, 0.1) is 6.20 Å². The van der Waals surface area contributed by atoms with Crippen LogP contribution < -0.4 is 4.74 Å². The summed E-state index contributed by atoms with van der Waals surface area (Å²) in [4.78, 5) is 11.6. The summed E-state index contributed by atoms with van der Waals surface area (Å²) in [6.07, 6.45) is 3.89. The van der Waals surface area contributed by atoms with E-state index >= 15 is 0 Å². The van der Waals surface area contributed by atoms with Crippen LogP contribution in [0.25, 0.3) is 0 Å². The summed E-state index contributed by atoms with van der Waals surface area (Å²) in [5.41, 5.74) is 0.911. The molecule has 4 nitrogen and oxygen atoms in total. The molecule has 0 atom stereocenters. The Labute approximate surface area is 99.8 Å². The second kappa shape index (κ2) is 5.30. The smallest absolute Gasteiger partial charge is 0.174 e. The number of rotatable bonds is 5. The Bertz CT molecular complexity index is 491. The molecule has 2 aromatic rings. The molecule has 1 aromatic carbocycles. The number of aromatic nitrogens is 2. The van der Waals surface area contributed by atoms with Crippen molar-refractivity contribution in [1.82, 2.24) is 9.78 Å². The van der Waals surface area contributed by atoms with Crippen LogP contribution in [-0.2, 0) is 18.3 Å². The number of Topliss-reactive ketones (excluding diaryl/α,β-unsaturated/α-hetero) is 1. The van der Waals surface area contributed by atoms with Crippen LogP contribution in [0.5, 0.6) is 5.75 Å². The fourth-order valence-electron chi connectivity index (χ4n) is 1.52. The van der Waals surface area contributed by atoms with E-state index in [1.807, 2.05) is 43.6 Å². The van der Waals surface area contributed by atoms with Crippen LogP contribution in [0.3, 0.4) is 0 Å². The van der Waals surface area contributed by atoms with Crippen molar-refractivity contribution in [1.29, 1.82) is 0 Å². The summed E-state index contributed by atoms with van der Waals surface area (Å²) in [5.74, 6) is 0.758. The predicted octanol–water partition coefficient (Wildman–Crippen LogP) is 1.61. The molecule has 1 heterocycles. The lowest BCUT2D eigenvalue weighted by Crippen LogP contribution is -2.13. The minimum Gasteiger partial charge on any atom is -0.486 e. The van der Waals surface area contributed by atoms with Crippen molar-refractivity contribution >= 4 is 5.78 Å². The van der Waals surface area contributed by atoms with Crippen molar-refractivity contribution < 1.29 is 9.53 Å². The highest BCUT2D eigenvalue weighted by atomic mass is 16.5. The van der Waals surface area contributed by atoms with Gasteiger partial charge in [-0.25, -0.2) is 0 Å². The lowest BCUT2D eigenvalue weighted by Gasteiger charge is -2.03. The fourth-order valence-corrected chi connectivity index (χ4v) is 1.52. The molecule has 0 N–H and O–H groups in total. The molecule has 0 bridgehead atoms. The lowest BCUT2D eigenvalue weighted by molar-refractivity contribution is -0.120. The Morgan fingerprint density at radius 3 is 2.76 bits per heavy atom. The number of carbonyl (C=O) groups is 1. The molecule has 0 fully saturated rings. The molecule has 17 heavy (non-hydrogen) atoms. The van der Waals surface area contributed by atoms with Crippen LogP contribution in [0.1, 0.15) is 5.56 Å². The van der Waals surface area contributed by atoms with Crippen molar-refractivity contribution in [2.75, 3.05) is 6.61 Å². The SMILES string of the molecule is Cn1cc(CC(=O)COc2ccccc2)cn1. The van der Waals surface area contributed by atoms with Crippen molar-refractivity contribution in [3.8, 4) is 5.75 Å². The molecule has 0 saturated heterocycles. The van der Waals surface area contributed by atoms with E-state index < -0.39 is 0 Å². The highest BCUT2D eigenvalue weighted by molar-refractivity contribution is 5.82. The van der Waals surface area contributed by atoms with Gasteiger partial charge in [0.1, 0.15) is 12.4 Å². The number of carbonyl (C=O) groups excluding carboxylic acids is 1. The minimum absolute atomic E-state index is 0.0434. The Morgan fingerprint density at radius 2 is 2.12 bits per heavy atom. The number of nitrogens with zero attached hydrogens (tertiary/aromatic N) is 2. The van der Waals surface area contributed by atoms with Gasteiger partial charge in [-0.1, -0.05) is 18.2 Å². The summed E-state index contributed by atoms with van der Waals surface area (Å²) in [5, 5.41) is 4.01. The largest absolute Gasteiger partial charge is 0.486 e.